The SMILES string of the molecule is CC(OCc1ccc(F)cc1)C(=O)NCc1csc(NC(=O)NCc2cccc(F)c2)n1. The van der Waals surface area contributed by atoms with Crippen molar-refractivity contribution in [3.8, 4) is 0 Å². The molecular formula is C22H22F2N4O3S. The standard InChI is InChI=1S/C22H22F2N4O3S/c1-14(31-12-15-5-7-17(23)8-6-15)20(29)25-11-19-13-32-22(27-19)28-21(30)26-10-16-3-2-4-18(24)9-16/h2-9,13-14H,10-12H2,1H3,(H,25,29)(H2,26,27,28,30). The van der Waals surface area contributed by atoms with Crippen LogP contribution in [0.1, 0.15) is 23.7 Å². The van der Waals surface area contributed by atoms with Gasteiger partial charge in [-0.2, -0.15) is 0 Å². The van der Waals surface area contributed by atoms with Gasteiger partial charge in [0, 0.05) is 11.9 Å². The van der Waals surface area contributed by atoms with Gasteiger partial charge in [-0.3, -0.25) is 10.1 Å². The molecule has 0 radical (unpaired) electrons. The van der Waals surface area contributed by atoms with Gasteiger partial charge in [0.1, 0.15) is 17.7 Å². The molecule has 1 heterocycles. The van der Waals surface area contributed by atoms with E-state index in [1.807, 2.05) is 0 Å². The first-order chi connectivity index (χ1) is 15.4. The number of urea groups is 1. The number of hydrogen-bond acceptors (Lipinski definition) is 5. The second-order valence-electron chi connectivity index (χ2n) is 6.88. The van der Waals surface area contributed by atoms with Crippen LogP contribution >= 0.6 is 11.3 Å². The van der Waals surface area contributed by atoms with Crippen molar-refractivity contribution in [2.45, 2.75) is 32.7 Å². The smallest absolute Gasteiger partial charge is 0.321 e. The van der Waals surface area contributed by atoms with Gasteiger partial charge in [0.2, 0.25) is 5.91 Å². The van der Waals surface area contributed by atoms with Crippen molar-refractivity contribution in [1.82, 2.24) is 15.6 Å². The van der Waals surface area contributed by atoms with Crippen molar-refractivity contribution in [3.63, 3.8) is 0 Å². The number of benzene rings is 2. The molecule has 0 spiro atoms. The maximum Gasteiger partial charge on any atom is 0.321 e. The largest absolute Gasteiger partial charge is 0.364 e. The van der Waals surface area contributed by atoms with Crippen molar-refractivity contribution < 1.29 is 23.1 Å². The highest BCUT2D eigenvalue weighted by atomic mass is 32.1. The van der Waals surface area contributed by atoms with Crippen LogP contribution in [0.15, 0.2) is 53.9 Å². The Balaban J connectivity index is 1.38. The van der Waals surface area contributed by atoms with E-state index in [2.05, 4.69) is 20.9 Å². The lowest BCUT2D eigenvalue weighted by molar-refractivity contribution is -0.132. The summed E-state index contributed by atoms with van der Waals surface area (Å²) in [6.07, 6.45) is -0.704. The number of nitrogens with one attached hydrogen (secondary N) is 3. The van der Waals surface area contributed by atoms with Crippen LogP contribution in [-0.2, 0) is 29.2 Å². The topological polar surface area (TPSA) is 92.4 Å². The minimum atomic E-state index is -0.704. The lowest BCUT2D eigenvalue weighted by Crippen LogP contribution is -2.34. The van der Waals surface area contributed by atoms with Crippen LogP contribution in [0.5, 0.6) is 0 Å². The molecule has 0 aliphatic heterocycles. The number of carbonyl (C=O) groups excluding carboxylic acids is 2. The highest BCUT2D eigenvalue weighted by Crippen LogP contribution is 2.15. The summed E-state index contributed by atoms with van der Waals surface area (Å²) in [4.78, 5) is 28.4. The Morgan fingerprint density at radius 3 is 2.56 bits per heavy atom. The summed E-state index contributed by atoms with van der Waals surface area (Å²) in [5.41, 5.74) is 1.98. The molecule has 0 saturated heterocycles. The summed E-state index contributed by atoms with van der Waals surface area (Å²) < 4.78 is 31.6. The average molecular weight is 461 g/mol. The van der Waals surface area contributed by atoms with Gasteiger partial charge in [-0.15, -0.1) is 11.3 Å². The molecule has 0 fully saturated rings. The van der Waals surface area contributed by atoms with E-state index < -0.39 is 12.1 Å². The number of hydrogen-bond donors (Lipinski definition) is 3. The molecule has 7 nitrogen and oxygen atoms in total. The summed E-state index contributed by atoms with van der Waals surface area (Å²) in [5.74, 6) is -1.02. The van der Waals surface area contributed by atoms with Crippen molar-refractivity contribution in [3.05, 3.63) is 82.4 Å². The van der Waals surface area contributed by atoms with E-state index in [4.69, 9.17) is 4.74 Å². The van der Waals surface area contributed by atoms with Gasteiger partial charge >= 0.3 is 6.03 Å². The molecule has 0 aliphatic rings. The molecule has 10 heteroatoms. The number of carbonyl (C=O) groups is 2. The van der Waals surface area contributed by atoms with Crippen LogP contribution in [0.3, 0.4) is 0 Å². The van der Waals surface area contributed by atoms with Crippen molar-refractivity contribution in [1.29, 1.82) is 0 Å². The van der Waals surface area contributed by atoms with Gasteiger partial charge in [0.25, 0.3) is 0 Å². The van der Waals surface area contributed by atoms with E-state index >= 15 is 0 Å². The van der Waals surface area contributed by atoms with E-state index in [1.54, 1.807) is 36.6 Å². The normalized spacial score (nSPS) is 11.6. The first-order valence-corrected chi connectivity index (χ1v) is 10.6. The van der Waals surface area contributed by atoms with Gasteiger partial charge in [-0.1, -0.05) is 24.3 Å². The second kappa shape index (κ2) is 11.3. The number of amides is 3. The third-order valence-corrected chi connectivity index (χ3v) is 5.15. The number of aromatic nitrogens is 1. The Kier molecular flexibility index (Phi) is 8.23. The number of anilines is 1. The van der Waals surface area contributed by atoms with Crippen LogP contribution in [0, 0.1) is 11.6 Å². The first kappa shape index (κ1) is 23.3. The third kappa shape index (κ3) is 7.40. The molecule has 1 aromatic heterocycles. The summed E-state index contributed by atoms with van der Waals surface area (Å²) >= 11 is 1.21. The van der Waals surface area contributed by atoms with E-state index in [0.717, 1.165) is 5.56 Å². The lowest BCUT2D eigenvalue weighted by atomic mass is 10.2. The summed E-state index contributed by atoms with van der Waals surface area (Å²) in [6, 6.07) is 11.3. The van der Waals surface area contributed by atoms with Crippen LogP contribution in [-0.4, -0.2) is 23.0 Å². The zero-order valence-corrected chi connectivity index (χ0v) is 18.0. The molecule has 2 aromatic carbocycles. The fraction of sp³-hybridized carbons (Fsp3) is 0.227. The monoisotopic (exact) mass is 460 g/mol. The highest BCUT2D eigenvalue weighted by molar-refractivity contribution is 7.13. The highest BCUT2D eigenvalue weighted by Gasteiger charge is 2.14. The van der Waals surface area contributed by atoms with E-state index in [1.165, 1.54) is 35.6 Å². The van der Waals surface area contributed by atoms with E-state index in [9.17, 15) is 18.4 Å². The molecular weight excluding hydrogens is 438 g/mol. The van der Waals surface area contributed by atoms with Gasteiger partial charge in [0.15, 0.2) is 5.13 Å². The Hall–Kier alpha value is -3.37. The zero-order valence-electron chi connectivity index (χ0n) is 17.2. The molecule has 3 aromatic rings. The number of nitrogens with zero attached hydrogens (tertiary/aromatic N) is 1. The number of ether oxygens (including phenoxy) is 1. The number of thiazole rings is 1. The Labute approximate surface area is 187 Å². The van der Waals surface area contributed by atoms with Gasteiger partial charge in [0.05, 0.1) is 18.8 Å². The van der Waals surface area contributed by atoms with Gasteiger partial charge in [-0.25, -0.2) is 18.6 Å². The molecule has 168 valence electrons. The van der Waals surface area contributed by atoms with Crippen molar-refractivity contribution in [2.75, 3.05) is 5.32 Å². The second-order valence-corrected chi connectivity index (χ2v) is 7.74. The van der Waals surface area contributed by atoms with Crippen molar-refractivity contribution >= 4 is 28.4 Å². The fourth-order valence-electron chi connectivity index (χ4n) is 2.62. The van der Waals surface area contributed by atoms with Crippen LogP contribution < -0.4 is 16.0 Å². The summed E-state index contributed by atoms with van der Waals surface area (Å²) in [6.45, 7) is 2.15. The maximum absolute atomic E-state index is 13.2. The predicted octanol–water partition coefficient (Wildman–Crippen LogP) is 3.96. The lowest BCUT2D eigenvalue weighted by Gasteiger charge is -2.13. The molecule has 32 heavy (non-hydrogen) atoms. The minimum absolute atomic E-state index is 0.173. The molecule has 3 amide bonds. The molecule has 3 rings (SSSR count). The van der Waals surface area contributed by atoms with Gasteiger partial charge < -0.3 is 15.4 Å². The third-order valence-electron chi connectivity index (χ3n) is 4.34. The van der Waals surface area contributed by atoms with E-state index in [-0.39, 0.29) is 37.2 Å². The average Bonchev–Trinajstić information content (AvgIpc) is 3.22. The van der Waals surface area contributed by atoms with Crippen molar-refractivity contribution in [2.24, 2.45) is 0 Å². The molecule has 3 N–H and O–H groups in total. The summed E-state index contributed by atoms with van der Waals surface area (Å²) in [7, 11) is 0. The molecule has 1 atom stereocenters. The van der Waals surface area contributed by atoms with Gasteiger partial charge in [-0.05, 0) is 42.3 Å². The quantitative estimate of drug-likeness (QED) is 0.451. The Morgan fingerprint density at radius 1 is 1.03 bits per heavy atom. The van der Waals surface area contributed by atoms with Crippen LogP contribution in [0.2, 0.25) is 0 Å². The minimum Gasteiger partial charge on any atom is -0.364 e. The Morgan fingerprint density at radius 2 is 1.81 bits per heavy atom. The Bertz CT molecular complexity index is 1060. The first-order valence-electron chi connectivity index (χ1n) is 9.76. The molecule has 0 saturated carbocycles. The number of halogens is 2. The zero-order chi connectivity index (χ0) is 22.9. The molecule has 1 unspecified atom stereocenters. The predicted molar refractivity (Wildman–Crippen MR) is 117 cm³/mol. The molecule has 0 aliphatic carbocycles. The fourth-order valence-corrected chi connectivity index (χ4v) is 3.32. The van der Waals surface area contributed by atoms with Crippen LogP contribution in [0.4, 0.5) is 18.7 Å². The molecule has 0 bridgehead atoms. The van der Waals surface area contributed by atoms with E-state index in [0.29, 0.717) is 16.4 Å². The van der Waals surface area contributed by atoms with Crippen LogP contribution in [0.25, 0.3) is 0 Å². The summed E-state index contributed by atoms with van der Waals surface area (Å²) in [5, 5.41) is 10.0. The maximum atomic E-state index is 13.2. The number of rotatable bonds is 9.